The van der Waals surface area contributed by atoms with Gasteiger partial charge in [-0.15, -0.1) is 0 Å². The zero-order valence-electron chi connectivity index (χ0n) is 22.1. The highest BCUT2D eigenvalue weighted by Gasteiger charge is 2.44. The number of likely N-dealkylation sites (tertiary alicyclic amines) is 1. The van der Waals surface area contributed by atoms with Crippen molar-refractivity contribution in [2.45, 2.75) is 37.5 Å². The van der Waals surface area contributed by atoms with Gasteiger partial charge in [0.25, 0.3) is 0 Å². The van der Waals surface area contributed by atoms with Crippen molar-refractivity contribution >= 4 is 5.78 Å². The third-order valence-corrected chi connectivity index (χ3v) is 9.03. The zero-order valence-corrected chi connectivity index (χ0v) is 22.1. The molecule has 38 heavy (non-hydrogen) atoms. The van der Waals surface area contributed by atoms with Crippen molar-refractivity contribution < 1.29 is 4.79 Å². The lowest BCUT2D eigenvalue weighted by Crippen LogP contribution is -2.45. The minimum Gasteiger partial charge on any atom is -0.303 e. The van der Waals surface area contributed by atoms with E-state index in [2.05, 4.69) is 108 Å². The topological polar surface area (TPSA) is 20.3 Å². The maximum atomic E-state index is 12.8. The van der Waals surface area contributed by atoms with Gasteiger partial charge in [0.2, 0.25) is 0 Å². The Morgan fingerprint density at radius 1 is 0.658 bits per heavy atom. The predicted octanol–water partition coefficient (Wildman–Crippen LogP) is 7.57. The van der Waals surface area contributed by atoms with E-state index in [1.807, 2.05) is 12.1 Å². The standard InChI is InChI=1S/C36H37NO/c38-35-29(27-28-13-10-11-21-34(28)35)14-12-24-37-25-22-33(23-26-37)36(30-15-4-1-5-16-30,31-17-6-2-7-18-31)32-19-8-3-9-20-32/h1-11,13,15-21,29,33H,12,14,22-27H2. The largest absolute Gasteiger partial charge is 0.303 e. The highest BCUT2D eigenvalue weighted by atomic mass is 16.1. The molecule has 2 nitrogen and oxygen atoms in total. The van der Waals surface area contributed by atoms with Crippen molar-refractivity contribution in [2.24, 2.45) is 11.8 Å². The Balaban J connectivity index is 1.18. The number of ketones is 1. The fraction of sp³-hybridized carbons (Fsp3) is 0.306. The summed E-state index contributed by atoms with van der Waals surface area (Å²) in [4.78, 5) is 15.5. The second-order valence-electron chi connectivity index (χ2n) is 11.1. The van der Waals surface area contributed by atoms with Crippen molar-refractivity contribution in [1.29, 1.82) is 0 Å². The molecule has 1 aliphatic carbocycles. The normalized spacial score (nSPS) is 18.4. The number of benzene rings is 4. The van der Waals surface area contributed by atoms with Crippen molar-refractivity contribution in [3.05, 3.63) is 143 Å². The van der Waals surface area contributed by atoms with Gasteiger partial charge in [-0.2, -0.15) is 0 Å². The summed E-state index contributed by atoms with van der Waals surface area (Å²) < 4.78 is 0. The van der Waals surface area contributed by atoms with Crippen LogP contribution in [-0.4, -0.2) is 30.3 Å². The molecule has 0 radical (unpaired) electrons. The first-order chi connectivity index (χ1) is 18.8. The van der Waals surface area contributed by atoms with Gasteiger partial charge in [-0.25, -0.2) is 0 Å². The van der Waals surface area contributed by atoms with Crippen LogP contribution in [-0.2, 0) is 11.8 Å². The molecular formula is C36H37NO. The highest BCUT2D eigenvalue weighted by molar-refractivity contribution is 6.02. The fourth-order valence-electron chi connectivity index (χ4n) is 7.21. The molecule has 4 aromatic rings. The van der Waals surface area contributed by atoms with Crippen LogP contribution in [0.4, 0.5) is 0 Å². The van der Waals surface area contributed by atoms with Crippen LogP contribution in [0, 0.1) is 11.8 Å². The maximum absolute atomic E-state index is 12.8. The summed E-state index contributed by atoms with van der Waals surface area (Å²) in [7, 11) is 0. The van der Waals surface area contributed by atoms with E-state index >= 15 is 0 Å². The van der Waals surface area contributed by atoms with Gasteiger partial charge in [0.15, 0.2) is 5.78 Å². The van der Waals surface area contributed by atoms with Crippen molar-refractivity contribution in [3.63, 3.8) is 0 Å². The minimum absolute atomic E-state index is 0.169. The molecule has 0 amide bonds. The summed E-state index contributed by atoms with van der Waals surface area (Å²) in [5.74, 6) is 1.04. The second kappa shape index (κ2) is 11.1. The molecule has 1 heterocycles. The molecule has 192 valence electrons. The van der Waals surface area contributed by atoms with E-state index in [1.165, 1.54) is 22.3 Å². The lowest BCUT2D eigenvalue weighted by Gasteiger charge is -2.46. The molecule has 1 fully saturated rings. The Hall–Kier alpha value is -3.49. The van der Waals surface area contributed by atoms with E-state index in [0.717, 1.165) is 57.3 Å². The van der Waals surface area contributed by atoms with E-state index in [9.17, 15) is 4.79 Å². The van der Waals surface area contributed by atoms with E-state index in [4.69, 9.17) is 0 Å². The van der Waals surface area contributed by atoms with Gasteiger partial charge in [-0.1, -0.05) is 115 Å². The second-order valence-corrected chi connectivity index (χ2v) is 11.1. The first-order valence-corrected chi connectivity index (χ1v) is 14.3. The van der Waals surface area contributed by atoms with E-state index in [1.54, 1.807) is 0 Å². The molecule has 0 N–H and O–H groups in total. The lowest BCUT2D eigenvalue weighted by molar-refractivity contribution is 0.0923. The van der Waals surface area contributed by atoms with Gasteiger partial charge in [-0.05, 0) is 79.9 Å². The van der Waals surface area contributed by atoms with Crippen LogP contribution < -0.4 is 0 Å². The number of carbonyl (C=O) groups is 1. The Morgan fingerprint density at radius 2 is 1.16 bits per heavy atom. The fourth-order valence-corrected chi connectivity index (χ4v) is 7.21. The van der Waals surface area contributed by atoms with Gasteiger partial charge in [0.1, 0.15) is 0 Å². The first kappa shape index (κ1) is 24.8. The molecule has 0 bridgehead atoms. The maximum Gasteiger partial charge on any atom is 0.166 e. The molecule has 1 atom stereocenters. The van der Waals surface area contributed by atoms with E-state index < -0.39 is 0 Å². The molecule has 1 aliphatic heterocycles. The quantitative estimate of drug-likeness (QED) is 0.233. The molecule has 0 spiro atoms. The smallest absolute Gasteiger partial charge is 0.166 e. The minimum atomic E-state index is -0.169. The summed E-state index contributed by atoms with van der Waals surface area (Å²) in [6.07, 6.45) is 5.33. The Labute approximate surface area is 227 Å². The van der Waals surface area contributed by atoms with Crippen molar-refractivity contribution in [2.75, 3.05) is 19.6 Å². The zero-order chi connectivity index (χ0) is 25.8. The third-order valence-electron chi connectivity index (χ3n) is 9.03. The number of rotatable bonds is 8. The van der Waals surface area contributed by atoms with Gasteiger partial charge in [0, 0.05) is 16.9 Å². The van der Waals surface area contributed by atoms with Crippen molar-refractivity contribution in [3.8, 4) is 0 Å². The molecule has 2 aliphatic rings. The SMILES string of the molecule is O=C1c2ccccc2CC1CCCN1CCC(C(c2ccccc2)(c2ccccc2)c2ccccc2)CC1. The summed E-state index contributed by atoms with van der Waals surface area (Å²) >= 11 is 0. The van der Waals surface area contributed by atoms with Crippen LogP contribution in [0.15, 0.2) is 115 Å². The molecule has 4 aromatic carbocycles. The molecular weight excluding hydrogens is 462 g/mol. The first-order valence-electron chi connectivity index (χ1n) is 14.3. The molecule has 2 heteroatoms. The van der Waals surface area contributed by atoms with Gasteiger partial charge < -0.3 is 4.90 Å². The number of hydrogen-bond donors (Lipinski definition) is 0. The summed E-state index contributed by atoms with van der Waals surface area (Å²) in [6, 6.07) is 41.6. The van der Waals surface area contributed by atoms with Crippen LogP contribution in [0.25, 0.3) is 0 Å². The highest BCUT2D eigenvalue weighted by Crippen LogP contribution is 2.49. The van der Waals surface area contributed by atoms with E-state index in [0.29, 0.717) is 11.7 Å². The summed E-state index contributed by atoms with van der Waals surface area (Å²) in [5.41, 5.74) is 6.18. The predicted molar refractivity (Wildman–Crippen MR) is 156 cm³/mol. The van der Waals surface area contributed by atoms with Crippen LogP contribution in [0.2, 0.25) is 0 Å². The molecule has 0 saturated carbocycles. The Kier molecular flexibility index (Phi) is 7.25. The Morgan fingerprint density at radius 3 is 1.68 bits per heavy atom. The molecule has 1 unspecified atom stereocenters. The van der Waals surface area contributed by atoms with Crippen LogP contribution in [0.3, 0.4) is 0 Å². The van der Waals surface area contributed by atoms with Gasteiger partial charge in [0.05, 0.1) is 0 Å². The van der Waals surface area contributed by atoms with Gasteiger partial charge in [-0.3, -0.25) is 4.79 Å². The summed E-state index contributed by atoms with van der Waals surface area (Å²) in [5, 5.41) is 0. The van der Waals surface area contributed by atoms with Crippen LogP contribution in [0.1, 0.15) is 58.3 Å². The van der Waals surface area contributed by atoms with Crippen LogP contribution >= 0.6 is 0 Å². The van der Waals surface area contributed by atoms with Gasteiger partial charge >= 0.3 is 0 Å². The number of piperidine rings is 1. The molecule has 0 aromatic heterocycles. The number of hydrogen-bond acceptors (Lipinski definition) is 2. The number of nitrogens with zero attached hydrogens (tertiary/aromatic N) is 1. The molecule has 1 saturated heterocycles. The third kappa shape index (κ3) is 4.63. The molecule has 6 rings (SSSR count). The summed E-state index contributed by atoms with van der Waals surface area (Å²) in [6.45, 7) is 3.30. The monoisotopic (exact) mass is 499 g/mol. The van der Waals surface area contributed by atoms with E-state index in [-0.39, 0.29) is 11.3 Å². The van der Waals surface area contributed by atoms with Crippen molar-refractivity contribution in [1.82, 2.24) is 4.90 Å². The number of carbonyl (C=O) groups excluding carboxylic acids is 1. The average molecular weight is 500 g/mol. The average Bonchev–Trinajstić information content (AvgIpc) is 3.31. The number of fused-ring (bicyclic) bond motifs is 1. The Bertz CT molecular complexity index is 1240. The van der Waals surface area contributed by atoms with Crippen LogP contribution in [0.5, 0.6) is 0 Å². The number of Topliss-reactive ketones (excluding diaryl/α,β-unsaturated/α-hetero) is 1. The lowest BCUT2D eigenvalue weighted by atomic mass is 9.59.